The van der Waals surface area contributed by atoms with Gasteiger partial charge in [0.15, 0.2) is 0 Å². The maximum Gasteiger partial charge on any atom is 0.234 e. The van der Waals surface area contributed by atoms with Crippen molar-refractivity contribution in [2.24, 2.45) is 5.92 Å². The second kappa shape index (κ2) is 10.1. The number of ether oxygens (including phenoxy) is 2. The van der Waals surface area contributed by atoms with Gasteiger partial charge in [-0.15, -0.1) is 0 Å². The highest BCUT2D eigenvalue weighted by molar-refractivity contribution is 5.78. The number of nitrogens with zero attached hydrogens (tertiary/aromatic N) is 1. The van der Waals surface area contributed by atoms with E-state index in [4.69, 9.17) is 9.47 Å². The Balaban J connectivity index is 1.39. The van der Waals surface area contributed by atoms with Crippen LogP contribution in [0.5, 0.6) is 11.5 Å². The molecule has 1 heterocycles. The quantitative estimate of drug-likeness (QED) is 0.761. The Morgan fingerprint density at radius 3 is 2.43 bits per heavy atom. The fourth-order valence-corrected chi connectivity index (χ4v) is 3.75. The summed E-state index contributed by atoms with van der Waals surface area (Å²) in [4.78, 5) is 14.6. The Bertz CT molecular complexity index is 753. The summed E-state index contributed by atoms with van der Waals surface area (Å²) in [6.07, 6.45) is 3.36. The van der Waals surface area contributed by atoms with Crippen LogP contribution in [0, 0.1) is 5.92 Å². The van der Waals surface area contributed by atoms with Crippen molar-refractivity contribution in [1.82, 2.24) is 10.2 Å². The highest BCUT2D eigenvalue weighted by atomic mass is 16.5. The molecule has 3 rings (SSSR count). The lowest BCUT2D eigenvalue weighted by Crippen LogP contribution is -2.41. The normalized spacial score (nSPS) is 15.2. The molecule has 28 heavy (non-hydrogen) atoms. The van der Waals surface area contributed by atoms with Gasteiger partial charge < -0.3 is 14.8 Å². The van der Waals surface area contributed by atoms with E-state index in [1.54, 1.807) is 14.2 Å². The van der Waals surface area contributed by atoms with Gasteiger partial charge in [0.25, 0.3) is 0 Å². The first-order valence-corrected chi connectivity index (χ1v) is 9.92. The molecule has 0 atom stereocenters. The smallest absolute Gasteiger partial charge is 0.234 e. The topological polar surface area (TPSA) is 50.8 Å². The van der Waals surface area contributed by atoms with E-state index in [0.29, 0.717) is 19.0 Å². The number of hydrogen-bond acceptors (Lipinski definition) is 4. The number of likely N-dealkylation sites (tertiary alicyclic amines) is 1. The number of para-hydroxylation sites is 1. The Morgan fingerprint density at radius 2 is 1.75 bits per heavy atom. The molecule has 1 fully saturated rings. The lowest BCUT2D eigenvalue weighted by Gasteiger charge is -2.31. The predicted molar refractivity (Wildman–Crippen MR) is 111 cm³/mol. The first-order chi connectivity index (χ1) is 13.7. The second-order valence-electron chi connectivity index (χ2n) is 7.36. The number of piperidine rings is 1. The van der Waals surface area contributed by atoms with E-state index in [-0.39, 0.29) is 5.91 Å². The van der Waals surface area contributed by atoms with Crippen LogP contribution in [0.1, 0.15) is 24.0 Å². The van der Waals surface area contributed by atoms with Crippen LogP contribution < -0.4 is 14.8 Å². The first kappa shape index (κ1) is 20.2. The number of carbonyl (C=O) groups excluding carboxylic acids is 1. The minimum absolute atomic E-state index is 0.0690. The van der Waals surface area contributed by atoms with Crippen molar-refractivity contribution < 1.29 is 14.3 Å². The van der Waals surface area contributed by atoms with Gasteiger partial charge >= 0.3 is 0 Å². The molecule has 150 valence electrons. The molecule has 5 nitrogen and oxygen atoms in total. The molecular formula is C23H30N2O3. The standard InChI is InChI=1S/C23H30N2O3/c1-27-21-9-7-18(8-10-21)15-19-11-13-25(14-12-19)17-23(26)24-16-20-5-3-4-6-22(20)28-2/h3-10,19H,11-17H2,1-2H3,(H,24,26). The maximum atomic E-state index is 12.3. The molecule has 0 aromatic heterocycles. The fourth-order valence-electron chi connectivity index (χ4n) is 3.75. The summed E-state index contributed by atoms with van der Waals surface area (Å²) >= 11 is 0. The Kier molecular flexibility index (Phi) is 7.31. The zero-order chi connectivity index (χ0) is 19.8. The minimum atomic E-state index is 0.0690. The van der Waals surface area contributed by atoms with Gasteiger partial charge in [-0.3, -0.25) is 9.69 Å². The monoisotopic (exact) mass is 382 g/mol. The molecule has 1 saturated heterocycles. The fraction of sp³-hybridized carbons (Fsp3) is 0.435. The summed E-state index contributed by atoms with van der Waals surface area (Å²) in [6, 6.07) is 16.1. The molecule has 1 amide bonds. The van der Waals surface area contributed by atoms with Gasteiger partial charge in [-0.2, -0.15) is 0 Å². The zero-order valence-electron chi connectivity index (χ0n) is 16.8. The molecule has 1 aliphatic rings. The Labute approximate surface area is 167 Å². The van der Waals surface area contributed by atoms with E-state index in [1.165, 1.54) is 5.56 Å². The molecular weight excluding hydrogens is 352 g/mol. The predicted octanol–water partition coefficient (Wildman–Crippen LogP) is 3.27. The summed E-state index contributed by atoms with van der Waals surface area (Å²) in [5.41, 5.74) is 2.35. The molecule has 5 heteroatoms. The Hall–Kier alpha value is -2.53. The number of rotatable bonds is 8. The molecule has 0 bridgehead atoms. The molecule has 2 aromatic carbocycles. The first-order valence-electron chi connectivity index (χ1n) is 9.92. The van der Waals surface area contributed by atoms with Crippen LogP contribution in [0.2, 0.25) is 0 Å². The van der Waals surface area contributed by atoms with E-state index in [0.717, 1.165) is 49.4 Å². The summed E-state index contributed by atoms with van der Waals surface area (Å²) < 4.78 is 10.6. The molecule has 0 spiro atoms. The van der Waals surface area contributed by atoms with Crippen LogP contribution in [0.15, 0.2) is 48.5 Å². The number of methoxy groups -OCH3 is 2. The summed E-state index contributed by atoms with van der Waals surface area (Å²) in [5, 5.41) is 3.01. The van der Waals surface area contributed by atoms with Gasteiger partial charge in [-0.1, -0.05) is 30.3 Å². The highest BCUT2D eigenvalue weighted by Crippen LogP contribution is 2.23. The highest BCUT2D eigenvalue weighted by Gasteiger charge is 2.21. The number of benzene rings is 2. The lowest BCUT2D eigenvalue weighted by molar-refractivity contribution is -0.122. The third kappa shape index (κ3) is 5.73. The average molecular weight is 383 g/mol. The van der Waals surface area contributed by atoms with Crippen molar-refractivity contribution in [2.75, 3.05) is 33.9 Å². The molecule has 2 aromatic rings. The lowest BCUT2D eigenvalue weighted by atomic mass is 9.90. The number of nitrogens with one attached hydrogen (secondary N) is 1. The van der Waals surface area contributed by atoms with Crippen molar-refractivity contribution in [2.45, 2.75) is 25.8 Å². The van der Waals surface area contributed by atoms with E-state index in [2.05, 4.69) is 22.3 Å². The molecule has 0 radical (unpaired) electrons. The SMILES string of the molecule is COc1ccc(CC2CCN(CC(=O)NCc3ccccc3OC)CC2)cc1. The van der Waals surface area contributed by atoms with E-state index in [9.17, 15) is 4.79 Å². The van der Waals surface area contributed by atoms with E-state index < -0.39 is 0 Å². The van der Waals surface area contributed by atoms with Crippen LogP contribution >= 0.6 is 0 Å². The van der Waals surface area contributed by atoms with Gasteiger partial charge in [-0.05, 0) is 62.0 Å². The van der Waals surface area contributed by atoms with Crippen molar-refractivity contribution in [1.29, 1.82) is 0 Å². The molecule has 1 N–H and O–H groups in total. The van der Waals surface area contributed by atoms with E-state index >= 15 is 0 Å². The van der Waals surface area contributed by atoms with Crippen LogP contribution in [0.3, 0.4) is 0 Å². The molecule has 1 aliphatic heterocycles. The molecule has 0 saturated carbocycles. The third-order valence-corrected chi connectivity index (χ3v) is 5.43. The van der Waals surface area contributed by atoms with Gasteiger partial charge in [-0.25, -0.2) is 0 Å². The molecule has 0 unspecified atom stereocenters. The van der Waals surface area contributed by atoms with Gasteiger partial charge in [0.2, 0.25) is 5.91 Å². The third-order valence-electron chi connectivity index (χ3n) is 5.43. The zero-order valence-corrected chi connectivity index (χ0v) is 16.8. The second-order valence-corrected chi connectivity index (χ2v) is 7.36. The van der Waals surface area contributed by atoms with Crippen LogP contribution in [0.4, 0.5) is 0 Å². The van der Waals surface area contributed by atoms with Crippen molar-refractivity contribution in [3.05, 3.63) is 59.7 Å². The molecule has 0 aliphatic carbocycles. The number of hydrogen-bond donors (Lipinski definition) is 1. The Morgan fingerprint density at radius 1 is 1.04 bits per heavy atom. The minimum Gasteiger partial charge on any atom is -0.497 e. The summed E-state index contributed by atoms with van der Waals surface area (Å²) in [7, 11) is 3.34. The maximum absolute atomic E-state index is 12.3. The van der Waals surface area contributed by atoms with Crippen molar-refractivity contribution in [3.8, 4) is 11.5 Å². The average Bonchev–Trinajstić information content (AvgIpc) is 2.74. The largest absolute Gasteiger partial charge is 0.497 e. The summed E-state index contributed by atoms with van der Waals surface area (Å²) in [6.45, 7) is 2.91. The van der Waals surface area contributed by atoms with Crippen LogP contribution in [-0.2, 0) is 17.8 Å². The van der Waals surface area contributed by atoms with Gasteiger partial charge in [0.1, 0.15) is 11.5 Å². The van der Waals surface area contributed by atoms with Crippen molar-refractivity contribution >= 4 is 5.91 Å². The van der Waals surface area contributed by atoms with Gasteiger partial charge in [0.05, 0.1) is 20.8 Å². The summed E-state index contributed by atoms with van der Waals surface area (Å²) in [5.74, 6) is 2.46. The van der Waals surface area contributed by atoms with Crippen LogP contribution in [-0.4, -0.2) is 44.7 Å². The van der Waals surface area contributed by atoms with Crippen molar-refractivity contribution in [3.63, 3.8) is 0 Å². The van der Waals surface area contributed by atoms with Crippen LogP contribution in [0.25, 0.3) is 0 Å². The van der Waals surface area contributed by atoms with E-state index in [1.807, 2.05) is 36.4 Å². The number of amides is 1. The number of carbonyl (C=O) groups is 1. The van der Waals surface area contributed by atoms with Gasteiger partial charge in [0, 0.05) is 12.1 Å².